The van der Waals surface area contributed by atoms with Gasteiger partial charge in [0.2, 0.25) is 5.91 Å². The molecule has 3 heteroatoms. The molecule has 2 atom stereocenters. The van der Waals surface area contributed by atoms with Crippen molar-refractivity contribution < 1.29 is 4.79 Å². The Bertz CT molecular complexity index is 206. The first-order valence-corrected chi connectivity index (χ1v) is 6.26. The normalized spacial score (nSPS) is 23.1. The van der Waals surface area contributed by atoms with Crippen molar-refractivity contribution in [1.82, 2.24) is 4.90 Å². The highest BCUT2D eigenvalue weighted by Gasteiger charge is 2.29. The Balaban J connectivity index is 2.44. The van der Waals surface area contributed by atoms with Gasteiger partial charge < -0.3 is 10.6 Å². The predicted molar refractivity (Wildman–Crippen MR) is 62.5 cm³/mol. The molecule has 1 amide bonds. The summed E-state index contributed by atoms with van der Waals surface area (Å²) in [7, 11) is 0. The summed E-state index contributed by atoms with van der Waals surface area (Å²) < 4.78 is 0. The zero-order valence-electron chi connectivity index (χ0n) is 10.0. The van der Waals surface area contributed by atoms with Crippen molar-refractivity contribution in [3.05, 3.63) is 0 Å². The van der Waals surface area contributed by atoms with Gasteiger partial charge in [-0.25, -0.2) is 0 Å². The van der Waals surface area contributed by atoms with Crippen LogP contribution in [0.3, 0.4) is 0 Å². The van der Waals surface area contributed by atoms with Crippen molar-refractivity contribution in [3.63, 3.8) is 0 Å². The number of hydrogen-bond donors (Lipinski definition) is 1. The molecule has 0 aliphatic carbocycles. The van der Waals surface area contributed by atoms with Crippen molar-refractivity contribution in [1.29, 1.82) is 0 Å². The summed E-state index contributed by atoms with van der Waals surface area (Å²) in [6.07, 6.45) is 6.36. The Kier molecular flexibility index (Phi) is 5.09. The van der Waals surface area contributed by atoms with Crippen LogP contribution in [0, 0.1) is 0 Å². The lowest BCUT2D eigenvalue weighted by Crippen LogP contribution is -2.45. The Labute approximate surface area is 93.0 Å². The number of unbranched alkanes of at least 4 members (excludes halogenated alkanes) is 1. The van der Waals surface area contributed by atoms with E-state index in [0.717, 1.165) is 45.1 Å². The first-order valence-electron chi connectivity index (χ1n) is 6.26. The molecule has 15 heavy (non-hydrogen) atoms. The molecule has 0 saturated carbocycles. The maximum Gasteiger partial charge on any atom is 0.239 e. The number of likely N-dealkylation sites (tertiary alicyclic amines) is 1. The number of hydrogen-bond acceptors (Lipinski definition) is 2. The lowest BCUT2D eigenvalue weighted by atomic mass is 10.1. The Morgan fingerprint density at radius 3 is 2.87 bits per heavy atom. The largest absolute Gasteiger partial charge is 0.338 e. The molecule has 3 nitrogen and oxygen atoms in total. The lowest BCUT2D eigenvalue weighted by Gasteiger charge is -2.26. The summed E-state index contributed by atoms with van der Waals surface area (Å²) in [5, 5.41) is 0. The van der Waals surface area contributed by atoms with Gasteiger partial charge in [0.15, 0.2) is 0 Å². The van der Waals surface area contributed by atoms with E-state index in [2.05, 4.69) is 13.8 Å². The van der Waals surface area contributed by atoms with Crippen LogP contribution in [0.5, 0.6) is 0 Å². The number of amides is 1. The molecule has 1 heterocycles. The summed E-state index contributed by atoms with van der Waals surface area (Å²) in [5.74, 6) is 0.174. The van der Waals surface area contributed by atoms with Crippen LogP contribution < -0.4 is 5.73 Å². The number of nitrogens with two attached hydrogens (primary N) is 1. The second-order valence-corrected chi connectivity index (χ2v) is 4.48. The highest BCUT2D eigenvalue weighted by molar-refractivity contribution is 5.82. The minimum atomic E-state index is -0.267. The van der Waals surface area contributed by atoms with Gasteiger partial charge in [-0.2, -0.15) is 0 Å². The molecular weight excluding hydrogens is 188 g/mol. The van der Waals surface area contributed by atoms with E-state index < -0.39 is 0 Å². The highest BCUT2D eigenvalue weighted by atomic mass is 16.2. The standard InChI is InChI=1S/C12H24N2O/c1-3-5-8-11(13)12(15)14-9-6-7-10(14)4-2/h10-11H,3-9,13H2,1-2H3/t10?,11-/m0/s1. The molecule has 1 unspecified atom stereocenters. The van der Waals surface area contributed by atoms with Gasteiger partial charge >= 0.3 is 0 Å². The average molecular weight is 212 g/mol. The first-order chi connectivity index (χ1) is 7.20. The van der Waals surface area contributed by atoms with Gasteiger partial charge in [0.1, 0.15) is 0 Å². The van der Waals surface area contributed by atoms with Crippen molar-refractivity contribution in [2.45, 2.75) is 64.5 Å². The van der Waals surface area contributed by atoms with E-state index in [-0.39, 0.29) is 11.9 Å². The van der Waals surface area contributed by atoms with E-state index >= 15 is 0 Å². The van der Waals surface area contributed by atoms with Crippen LogP contribution >= 0.6 is 0 Å². The fourth-order valence-electron chi connectivity index (χ4n) is 2.31. The van der Waals surface area contributed by atoms with Gasteiger partial charge in [0.05, 0.1) is 6.04 Å². The van der Waals surface area contributed by atoms with E-state index in [1.807, 2.05) is 4.90 Å². The molecule has 0 bridgehead atoms. The number of nitrogens with zero attached hydrogens (tertiary/aromatic N) is 1. The van der Waals surface area contributed by atoms with Crippen molar-refractivity contribution in [3.8, 4) is 0 Å². The minimum Gasteiger partial charge on any atom is -0.338 e. The molecule has 88 valence electrons. The molecule has 0 spiro atoms. The quantitative estimate of drug-likeness (QED) is 0.756. The lowest BCUT2D eigenvalue weighted by molar-refractivity contribution is -0.133. The van der Waals surface area contributed by atoms with Gasteiger partial charge in [-0.05, 0) is 25.7 Å². The van der Waals surface area contributed by atoms with E-state index in [1.165, 1.54) is 0 Å². The van der Waals surface area contributed by atoms with Crippen LogP contribution in [-0.4, -0.2) is 29.4 Å². The zero-order chi connectivity index (χ0) is 11.3. The fourth-order valence-corrected chi connectivity index (χ4v) is 2.31. The van der Waals surface area contributed by atoms with Gasteiger partial charge in [-0.3, -0.25) is 4.79 Å². The summed E-state index contributed by atoms with van der Waals surface area (Å²) >= 11 is 0. The fraction of sp³-hybridized carbons (Fsp3) is 0.917. The van der Waals surface area contributed by atoms with Gasteiger partial charge in [-0.15, -0.1) is 0 Å². The molecule has 0 aromatic rings. The van der Waals surface area contributed by atoms with Crippen molar-refractivity contribution in [2.75, 3.05) is 6.54 Å². The topological polar surface area (TPSA) is 46.3 Å². The van der Waals surface area contributed by atoms with Crippen LogP contribution in [0.1, 0.15) is 52.4 Å². The van der Waals surface area contributed by atoms with Crippen molar-refractivity contribution >= 4 is 5.91 Å². The van der Waals surface area contributed by atoms with Crippen LogP contribution in [0.2, 0.25) is 0 Å². The predicted octanol–water partition coefficient (Wildman–Crippen LogP) is 1.90. The number of carbonyl (C=O) groups excluding carboxylic acids is 1. The van der Waals surface area contributed by atoms with E-state index in [1.54, 1.807) is 0 Å². The van der Waals surface area contributed by atoms with E-state index in [0.29, 0.717) is 6.04 Å². The average Bonchev–Trinajstić information content (AvgIpc) is 2.72. The second-order valence-electron chi connectivity index (χ2n) is 4.48. The van der Waals surface area contributed by atoms with Crippen LogP contribution in [0.25, 0.3) is 0 Å². The first kappa shape index (κ1) is 12.5. The Morgan fingerprint density at radius 2 is 2.27 bits per heavy atom. The molecule has 1 fully saturated rings. The highest BCUT2D eigenvalue weighted by Crippen LogP contribution is 2.21. The van der Waals surface area contributed by atoms with Crippen LogP contribution in [0.4, 0.5) is 0 Å². The van der Waals surface area contributed by atoms with Gasteiger partial charge in [0.25, 0.3) is 0 Å². The van der Waals surface area contributed by atoms with Crippen molar-refractivity contribution in [2.24, 2.45) is 5.73 Å². The molecule has 0 aromatic carbocycles. The van der Waals surface area contributed by atoms with Crippen LogP contribution in [0.15, 0.2) is 0 Å². The molecule has 1 rings (SSSR count). The molecule has 1 saturated heterocycles. The number of rotatable bonds is 5. The molecule has 2 N–H and O–H groups in total. The second kappa shape index (κ2) is 6.11. The molecule has 1 aliphatic heterocycles. The zero-order valence-corrected chi connectivity index (χ0v) is 10.0. The third kappa shape index (κ3) is 3.20. The smallest absolute Gasteiger partial charge is 0.239 e. The maximum absolute atomic E-state index is 12.0. The molecule has 0 aromatic heterocycles. The van der Waals surface area contributed by atoms with E-state index in [9.17, 15) is 4.79 Å². The van der Waals surface area contributed by atoms with Gasteiger partial charge in [0, 0.05) is 12.6 Å². The molecule has 1 aliphatic rings. The molecule has 0 radical (unpaired) electrons. The maximum atomic E-state index is 12.0. The molecular formula is C12H24N2O. The van der Waals surface area contributed by atoms with E-state index in [4.69, 9.17) is 5.73 Å². The summed E-state index contributed by atoms with van der Waals surface area (Å²) in [6.45, 7) is 5.19. The van der Waals surface area contributed by atoms with Crippen LogP contribution in [-0.2, 0) is 4.79 Å². The SMILES string of the molecule is CCCC[C@H](N)C(=O)N1CCCC1CC. The minimum absolute atomic E-state index is 0.174. The third-order valence-corrected chi connectivity index (χ3v) is 3.32. The number of carbonyl (C=O) groups is 1. The third-order valence-electron chi connectivity index (χ3n) is 3.32. The summed E-state index contributed by atoms with van der Waals surface area (Å²) in [5.41, 5.74) is 5.91. The Morgan fingerprint density at radius 1 is 1.53 bits per heavy atom. The Hall–Kier alpha value is -0.570. The van der Waals surface area contributed by atoms with Gasteiger partial charge in [-0.1, -0.05) is 26.7 Å². The summed E-state index contributed by atoms with van der Waals surface area (Å²) in [4.78, 5) is 14.0. The summed E-state index contributed by atoms with van der Waals surface area (Å²) in [6, 6.07) is 0.183. The monoisotopic (exact) mass is 212 g/mol.